The van der Waals surface area contributed by atoms with Gasteiger partial charge in [-0.3, -0.25) is 9.59 Å². The Labute approximate surface area is 269 Å². The fourth-order valence-corrected chi connectivity index (χ4v) is 4.67. The number of carboxylic acids is 1. The van der Waals surface area contributed by atoms with E-state index in [1.165, 1.54) is 12.2 Å². The quantitative estimate of drug-likeness (QED) is 0.0613. The summed E-state index contributed by atoms with van der Waals surface area (Å²) >= 11 is 6.32. The maximum atomic E-state index is 12.4. The van der Waals surface area contributed by atoms with E-state index in [0.717, 1.165) is 5.57 Å². The Hall–Kier alpha value is -3.51. The molecular formula is C33H46ClNO10. The molecule has 1 amide bonds. The normalized spacial score (nSPS) is 22.5. The Morgan fingerprint density at radius 1 is 1.02 bits per heavy atom. The zero-order valence-corrected chi connectivity index (χ0v) is 26.7. The topological polar surface area (TPSA) is 194 Å². The first-order chi connectivity index (χ1) is 21.2. The molecule has 0 heterocycles. The molecule has 11 nitrogen and oxygen atoms in total. The van der Waals surface area contributed by atoms with Crippen molar-refractivity contribution in [2.24, 2.45) is 17.6 Å². The Morgan fingerprint density at radius 3 is 2.33 bits per heavy atom. The van der Waals surface area contributed by atoms with Crippen LogP contribution in [0.4, 0.5) is 4.79 Å². The molecule has 1 aliphatic rings. The Kier molecular flexibility index (Phi) is 18.7. The minimum atomic E-state index is -1.09. The number of halogens is 1. The molecule has 0 spiro atoms. The summed E-state index contributed by atoms with van der Waals surface area (Å²) in [4.78, 5) is 46.7. The van der Waals surface area contributed by atoms with Gasteiger partial charge in [0.1, 0.15) is 18.0 Å². The molecule has 7 atom stereocenters. The van der Waals surface area contributed by atoms with Crippen LogP contribution in [0.15, 0.2) is 71.4 Å². The third-order valence-corrected chi connectivity index (χ3v) is 7.54. The van der Waals surface area contributed by atoms with E-state index in [1.54, 1.807) is 55.5 Å². The van der Waals surface area contributed by atoms with Crippen LogP contribution in [0.1, 0.15) is 65.7 Å². The average Bonchev–Trinajstić information content (AvgIpc) is 2.96. The number of carbonyl (C=O) groups is 4. The molecule has 1 fully saturated rings. The summed E-state index contributed by atoms with van der Waals surface area (Å²) in [7, 11) is 0. The lowest BCUT2D eigenvalue weighted by Gasteiger charge is -2.30. The van der Waals surface area contributed by atoms with Crippen molar-refractivity contribution >= 4 is 35.4 Å². The number of hydrogen-bond acceptors (Lipinski definition) is 9. The molecule has 0 unspecified atom stereocenters. The van der Waals surface area contributed by atoms with Crippen LogP contribution in [0.25, 0.3) is 0 Å². The number of ketones is 1. The fraction of sp³-hybridized carbons (Fsp3) is 0.515. The number of amides is 1. The van der Waals surface area contributed by atoms with Gasteiger partial charge in [0, 0.05) is 42.7 Å². The average molecular weight is 652 g/mol. The number of nitrogens with two attached hydrogens (primary N) is 1. The summed E-state index contributed by atoms with van der Waals surface area (Å²) in [6.45, 7) is 5.40. The van der Waals surface area contributed by atoms with Gasteiger partial charge in [0.15, 0.2) is 0 Å². The number of rotatable bonds is 18. The second-order valence-corrected chi connectivity index (χ2v) is 11.4. The number of aliphatic carboxylic acids is 1. The van der Waals surface area contributed by atoms with Crippen molar-refractivity contribution in [1.82, 2.24) is 0 Å². The van der Waals surface area contributed by atoms with Crippen molar-refractivity contribution in [2.45, 2.75) is 96.2 Å². The molecule has 250 valence electrons. The van der Waals surface area contributed by atoms with Crippen molar-refractivity contribution in [3.63, 3.8) is 0 Å². The lowest BCUT2D eigenvalue weighted by molar-refractivity contribution is -0.159. The van der Waals surface area contributed by atoms with Gasteiger partial charge in [-0.1, -0.05) is 73.6 Å². The van der Waals surface area contributed by atoms with E-state index in [9.17, 15) is 34.5 Å². The zero-order valence-electron chi connectivity index (χ0n) is 26.0. The molecule has 0 aromatic carbocycles. The monoisotopic (exact) mass is 651 g/mol. The maximum absolute atomic E-state index is 12.4. The van der Waals surface area contributed by atoms with E-state index in [4.69, 9.17) is 31.9 Å². The highest BCUT2D eigenvalue weighted by Crippen LogP contribution is 2.27. The summed E-state index contributed by atoms with van der Waals surface area (Å²) in [6, 6.07) is 0. The molecule has 6 N–H and O–H groups in total. The van der Waals surface area contributed by atoms with Crippen LogP contribution in [0.2, 0.25) is 0 Å². The Morgan fingerprint density at radius 2 is 1.69 bits per heavy atom. The predicted octanol–water partition coefficient (Wildman–Crippen LogP) is 4.41. The van der Waals surface area contributed by atoms with Crippen LogP contribution in [0.3, 0.4) is 0 Å². The van der Waals surface area contributed by atoms with Gasteiger partial charge < -0.3 is 35.6 Å². The summed E-state index contributed by atoms with van der Waals surface area (Å²) in [5.74, 6) is -3.20. The van der Waals surface area contributed by atoms with E-state index >= 15 is 0 Å². The molecule has 12 heteroatoms. The van der Waals surface area contributed by atoms with Crippen molar-refractivity contribution < 1.29 is 49.1 Å². The van der Waals surface area contributed by atoms with Crippen LogP contribution >= 0.6 is 11.6 Å². The fourth-order valence-electron chi connectivity index (χ4n) is 4.45. The van der Waals surface area contributed by atoms with E-state index in [0.29, 0.717) is 17.9 Å². The van der Waals surface area contributed by atoms with Crippen LogP contribution in [-0.2, 0) is 23.9 Å². The van der Waals surface area contributed by atoms with Gasteiger partial charge in [0.25, 0.3) is 0 Å². The smallest absolute Gasteiger partial charge is 0.405 e. The van der Waals surface area contributed by atoms with Crippen LogP contribution in [0.5, 0.6) is 0 Å². The van der Waals surface area contributed by atoms with E-state index in [-0.39, 0.29) is 37.9 Å². The first kappa shape index (κ1) is 39.5. The number of carboxylic acid groups (broad SMARTS) is 1. The third-order valence-electron chi connectivity index (χ3n) is 7.07. The van der Waals surface area contributed by atoms with Crippen molar-refractivity contribution in [3.05, 3.63) is 71.4 Å². The van der Waals surface area contributed by atoms with Crippen LogP contribution < -0.4 is 5.73 Å². The summed E-state index contributed by atoms with van der Waals surface area (Å²) < 4.78 is 10.2. The number of allylic oxidation sites excluding steroid dienone is 9. The molecule has 0 aromatic heterocycles. The number of aliphatic hydroxyl groups is 3. The molecule has 0 saturated heterocycles. The van der Waals surface area contributed by atoms with E-state index < -0.39 is 60.4 Å². The second kappa shape index (κ2) is 21.3. The van der Waals surface area contributed by atoms with Gasteiger partial charge in [0.05, 0.1) is 24.2 Å². The highest BCUT2D eigenvalue weighted by atomic mass is 35.5. The third kappa shape index (κ3) is 16.9. The number of Topliss-reactive ketones (excluding diaryl/α,β-unsaturated/α-hetero) is 1. The zero-order chi connectivity index (χ0) is 33.9. The van der Waals surface area contributed by atoms with Gasteiger partial charge in [-0.05, 0) is 38.3 Å². The minimum absolute atomic E-state index is 0.00477. The van der Waals surface area contributed by atoms with Gasteiger partial charge in [-0.25, -0.2) is 9.59 Å². The molecule has 0 bridgehead atoms. The highest BCUT2D eigenvalue weighted by Gasteiger charge is 2.35. The molecule has 1 aliphatic carbocycles. The van der Waals surface area contributed by atoms with E-state index in [2.05, 4.69) is 0 Å². The Bertz CT molecular complexity index is 1170. The lowest BCUT2D eigenvalue weighted by atomic mass is 9.85. The van der Waals surface area contributed by atoms with Gasteiger partial charge in [-0.2, -0.15) is 0 Å². The number of aliphatic hydroxyl groups excluding tert-OH is 3. The Balaban J connectivity index is 2.54. The number of primary amides is 1. The maximum Gasteiger partial charge on any atom is 0.405 e. The highest BCUT2D eigenvalue weighted by molar-refractivity contribution is 6.30. The number of ether oxygens (including phenoxy) is 2. The molecule has 0 aromatic rings. The number of esters is 1. The van der Waals surface area contributed by atoms with Crippen molar-refractivity contribution in [3.8, 4) is 0 Å². The molecule has 0 radical (unpaired) electrons. The SMILES string of the molecule is CC/C=C/[C@H](C[C@H](O)CC(=O)C[C@H](O)[C@H](C)/C(Cl)=C/C=C/C=C(C)/C=C/C=C/C(=O)O[C@@H]1C[C@@H](C(=O)O)CC[C@@H]1O)OC(N)=O. The number of carbonyl (C=O) groups excluding carboxylic acids is 3. The van der Waals surface area contributed by atoms with Crippen LogP contribution in [0, 0.1) is 11.8 Å². The summed E-state index contributed by atoms with van der Waals surface area (Å²) in [5.41, 5.74) is 5.90. The molecule has 1 rings (SSSR count). The predicted molar refractivity (Wildman–Crippen MR) is 170 cm³/mol. The standard InChI is InChI=1S/C33H46ClNO10/c1-4-5-12-26(44-33(35)43)19-24(36)18-25(37)20-29(39)22(3)27(34)13-8-6-10-21(2)11-7-9-14-31(40)45-30-17-23(32(41)42)15-16-28(30)38/h5-14,22-24,26,28-30,36,38-39H,4,15-20H2,1-3H3,(H2,35,43)(H,41,42)/b8-6+,11-7+,12-5+,14-9+,21-10+,27-13-/t22-,23+,24-,26-,28+,29+,30-/m1/s1. The van der Waals surface area contributed by atoms with Gasteiger partial charge in [-0.15, -0.1) is 0 Å². The first-order valence-corrected chi connectivity index (χ1v) is 15.3. The minimum Gasteiger partial charge on any atom is -0.481 e. The van der Waals surface area contributed by atoms with E-state index in [1.807, 2.05) is 13.8 Å². The van der Waals surface area contributed by atoms with Crippen LogP contribution in [-0.4, -0.2) is 74.8 Å². The number of hydrogen-bond donors (Lipinski definition) is 5. The van der Waals surface area contributed by atoms with Crippen molar-refractivity contribution in [1.29, 1.82) is 0 Å². The summed E-state index contributed by atoms with van der Waals surface area (Å²) in [6.07, 6.45) is 11.5. The molecule has 0 aliphatic heterocycles. The molecular weight excluding hydrogens is 606 g/mol. The lowest BCUT2D eigenvalue weighted by Crippen LogP contribution is -2.39. The molecule has 45 heavy (non-hydrogen) atoms. The van der Waals surface area contributed by atoms with Gasteiger partial charge >= 0.3 is 18.0 Å². The first-order valence-electron chi connectivity index (χ1n) is 14.9. The largest absolute Gasteiger partial charge is 0.481 e. The second-order valence-electron chi connectivity index (χ2n) is 11.0. The van der Waals surface area contributed by atoms with Crippen molar-refractivity contribution in [2.75, 3.05) is 0 Å². The summed E-state index contributed by atoms with van der Waals surface area (Å²) in [5, 5.41) is 40.2. The molecule has 1 saturated carbocycles. The van der Waals surface area contributed by atoms with Gasteiger partial charge in [0.2, 0.25) is 0 Å².